The number of carbonyl (C=O) groups excluding carboxylic acids is 3. The van der Waals surface area contributed by atoms with Crippen molar-refractivity contribution < 1.29 is 23.9 Å². The van der Waals surface area contributed by atoms with Gasteiger partial charge < -0.3 is 14.8 Å². The topological polar surface area (TPSA) is 94.6 Å². The SMILES string of the molecule is CCOC(=O)OC1CCc2nc(NC(C)=O)sc2C1=O. The van der Waals surface area contributed by atoms with E-state index >= 15 is 0 Å². The number of hydrogen-bond acceptors (Lipinski definition) is 7. The molecule has 20 heavy (non-hydrogen) atoms. The lowest BCUT2D eigenvalue weighted by atomic mass is 9.99. The third-order valence-corrected chi connectivity index (χ3v) is 3.67. The minimum Gasteiger partial charge on any atom is -0.435 e. The minimum absolute atomic E-state index is 0.193. The van der Waals surface area contributed by atoms with Crippen LogP contribution in [-0.2, 0) is 20.7 Å². The predicted molar refractivity (Wildman–Crippen MR) is 71.0 cm³/mol. The van der Waals surface area contributed by atoms with Crippen molar-refractivity contribution >= 4 is 34.3 Å². The molecule has 0 aliphatic heterocycles. The highest BCUT2D eigenvalue weighted by atomic mass is 32.1. The third-order valence-electron chi connectivity index (χ3n) is 2.64. The van der Waals surface area contributed by atoms with Crippen molar-refractivity contribution in [1.29, 1.82) is 0 Å². The summed E-state index contributed by atoms with van der Waals surface area (Å²) in [5.41, 5.74) is 0.632. The van der Waals surface area contributed by atoms with E-state index in [1.54, 1.807) is 6.92 Å². The van der Waals surface area contributed by atoms with Crippen molar-refractivity contribution in [2.24, 2.45) is 0 Å². The van der Waals surface area contributed by atoms with Gasteiger partial charge in [0.15, 0.2) is 11.2 Å². The van der Waals surface area contributed by atoms with Crippen LogP contribution < -0.4 is 5.32 Å². The number of thiazole rings is 1. The molecule has 0 radical (unpaired) electrons. The molecule has 1 aromatic heterocycles. The van der Waals surface area contributed by atoms with Gasteiger partial charge in [-0.05, 0) is 19.8 Å². The van der Waals surface area contributed by atoms with Gasteiger partial charge in [0, 0.05) is 6.92 Å². The Balaban J connectivity index is 2.10. The van der Waals surface area contributed by atoms with Gasteiger partial charge in [0.05, 0.1) is 17.2 Å². The summed E-state index contributed by atoms with van der Waals surface area (Å²) in [4.78, 5) is 39.0. The zero-order valence-electron chi connectivity index (χ0n) is 11.1. The zero-order valence-corrected chi connectivity index (χ0v) is 11.9. The number of ketones is 1. The fraction of sp³-hybridized carbons (Fsp3) is 0.500. The fourth-order valence-electron chi connectivity index (χ4n) is 1.84. The lowest BCUT2D eigenvalue weighted by Gasteiger charge is -2.19. The number of rotatable bonds is 3. The molecule has 0 bridgehead atoms. The molecule has 1 heterocycles. The van der Waals surface area contributed by atoms with E-state index in [9.17, 15) is 14.4 Å². The molecule has 1 unspecified atom stereocenters. The van der Waals surface area contributed by atoms with Crippen molar-refractivity contribution in [2.45, 2.75) is 32.8 Å². The third kappa shape index (κ3) is 3.13. The molecule has 1 aliphatic carbocycles. The molecule has 1 aliphatic rings. The Kier molecular flexibility index (Phi) is 4.33. The van der Waals surface area contributed by atoms with Crippen LogP contribution in [0.5, 0.6) is 0 Å². The number of amides is 1. The fourth-order valence-corrected chi connectivity index (χ4v) is 2.88. The number of Topliss-reactive ketones (excluding diaryl/α,β-unsaturated/α-hetero) is 1. The average molecular weight is 298 g/mol. The molecule has 0 saturated carbocycles. The van der Waals surface area contributed by atoms with Crippen molar-refractivity contribution in [3.05, 3.63) is 10.6 Å². The highest BCUT2D eigenvalue weighted by Crippen LogP contribution is 2.31. The van der Waals surface area contributed by atoms with Crippen molar-refractivity contribution in [3.63, 3.8) is 0 Å². The van der Waals surface area contributed by atoms with Crippen LogP contribution in [0, 0.1) is 0 Å². The minimum atomic E-state index is -0.846. The van der Waals surface area contributed by atoms with Gasteiger partial charge in [0.1, 0.15) is 0 Å². The summed E-state index contributed by atoms with van der Waals surface area (Å²) < 4.78 is 9.63. The molecule has 7 nitrogen and oxygen atoms in total. The molecule has 0 spiro atoms. The van der Waals surface area contributed by atoms with Crippen LogP contribution in [0.2, 0.25) is 0 Å². The molecule has 2 rings (SSSR count). The summed E-state index contributed by atoms with van der Waals surface area (Å²) in [6.07, 6.45) is -0.803. The molecule has 1 aromatic rings. The van der Waals surface area contributed by atoms with Gasteiger partial charge >= 0.3 is 6.16 Å². The summed E-state index contributed by atoms with van der Waals surface area (Å²) in [6.45, 7) is 3.22. The summed E-state index contributed by atoms with van der Waals surface area (Å²) in [5, 5.41) is 2.92. The second-order valence-electron chi connectivity index (χ2n) is 4.17. The number of fused-ring (bicyclic) bond motifs is 1. The summed E-state index contributed by atoms with van der Waals surface area (Å²) >= 11 is 1.09. The van der Waals surface area contributed by atoms with E-state index in [0.717, 1.165) is 11.3 Å². The largest absolute Gasteiger partial charge is 0.508 e. The molecule has 1 atom stereocenters. The molecule has 108 valence electrons. The Bertz CT molecular complexity index is 554. The van der Waals surface area contributed by atoms with Crippen LogP contribution in [0.15, 0.2) is 0 Å². The number of carbonyl (C=O) groups is 3. The van der Waals surface area contributed by atoms with Crippen LogP contribution in [0.4, 0.5) is 9.93 Å². The van der Waals surface area contributed by atoms with E-state index < -0.39 is 12.3 Å². The Morgan fingerprint density at radius 2 is 2.25 bits per heavy atom. The number of nitrogens with zero attached hydrogens (tertiary/aromatic N) is 1. The first-order chi connectivity index (χ1) is 9.51. The number of ether oxygens (including phenoxy) is 2. The monoisotopic (exact) mass is 298 g/mol. The first kappa shape index (κ1) is 14.4. The Labute approximate surface area is 119 Å². The van der Waals surface area contributed by atoms with Gasteiger partial charge in [-0.3, -0.25) is 9.59 Å². The molecule has 1 N–H and O–H groups in total. The first-order valence-corrected chi connectivity index (χ1v) is 6.97. The Morgan fingerprint density at radius 3 is 2.90 bits per heavy atom. The Morgan fingerprint density at radius 1 is 1.50 bits per heavy atom. The number of hydrogen-bond donors (Lipinski definition) is 1. The maximum Gasteiger partial charge on any atom is 0.508 e. The van der Waals surface area contributed by atoms with Gasteiger partial charge in [0.2, 0.25) is 11.7 Å². The molecule has 0 aromatic carbocycles. The summed E-state index contributed by atoms with van der Waals surface area (Å²) in [7, 11) is 0. The summed E-state index contributed by atoms with van der Waals surface area (Å²) in [5.74, 6) is -0.545. The number of nitrogens with one attached hydrogen (secondary N) is 1. The smallest absolute Gasteiger partial charge is 0.435 e. The lowest BCUT2D eigenvalue weighted by Crippen LogP contribution is -2.31. The molecule has 0 fully saturated rings. The van der Waals surface area contributed by atoms with Crippen molar-refractivity contribution in [3.8, 4) is 0 Å². The quantitative estimate of drug-likeness (QED) is 0.855. The zero-order chi connectivity index (χ0) is 14.7. The molecule has 8 heteroatoms. The standard InChI is InChI=1S/C12H14N2O5S/c1-3-18-12(17)19-8-5-4-7-10(9(8)16)20-11(14-7)13-6(2)15/h8H,3-5H2,1-2H3,(H,13,14,15). The van der Waals surface area contributed by atoms with Gasteiger partial charge in [0.25, 0.3) is 0 Å². The molecule has 0 saturated heterocycles. The van der Waals surface area contributed by atoms with Gasteiger partial charge in [-0.15, -0.1) is 0 Å². The average Bonchev–Trinajstić information content (AvgIpc) is 2.75. The molecular weight excluding hydrogens is 284 g/mol. The predicted octanol–water partition coefficient (Wildman–Crippen LogP) is 1.77. The maximum atomic E-state index is 12.2. The highest BCUT2D eigenvalue weighted by molar-refractivity contribution is 7.17. The van der Waals surface area contributed by atoms with E-state index in [2.05, 4.69) is 15.0 Å². The van der Waals surface area contributed by atoms with Crippen LogP contribution in [0.1, 0.15) is 35.6 Å². The van der Waals surface area contributed by atoms with Crippen LogP contribution >= 0.6 is 11.3 Å². The van der Waals surface area contributed by atoms with E-state index in [1.165, 1.54) is 6.92 Å². The maximum absolute atomic E-state index is 12.2. The van der Waals surface area contributed by atoms with Gasteiger partial charge in [-0.25, -0.2) is 9.78 Å². The number of aryl methyl sites for hydroxylation is 1. The normalized spacial score (nSPS) is 17.3. The highest BCUT2D eigenvalue weighted by Gasteiger charge is 2.34. The number of anilines is 1. The van der Waals surface area contributed by atoms with Crippen LogP contribution in [0.25, 0.3) is 0 Å². The summed E-state index contributed by atoms with van der Waals surface area (Å²) in [6, 6.07) is 0. The van der Waals surface area contributed by atoms with E-state index in [0.29, 0.717) is 28.5 Å². The van der Waals surface area contributed by atoms with E-state index in [-0.39, 0.29) is 18.3 Å². The molecular formula is C12H14N2O5S. The Hall–Kier alpha value is -1.96. The van der Waals surface area contributed by atoms with E-state index in [1.807, 2.05) is 0 Å². The first-order valence-electron chi connectivity index (χ1n) is 6.16. The second kappa shape index (κ2) is 6.00. The van der Waals surface area contributed by atoms with Gasteiger partial charge in [-0.1, -0.05) is 11.3 Å². The van der Waals surface area contributed by atoms with Crippen LogP contribution in [-0.4, -0.2) is 35.5 Å². The van der Waals surface area contributed by atoms with Gasteiger partial charge in [-0.2, -0.15) is 0 Å². The van der Waals surface area contributed by atoms with Crippen LogP contribution in [0.3, 0.4) is 0 Å². The van der Waals surface area contributed by atoms with E-state index in [4.69, 9.17) is 4.74 Å². The van der Waals surface area contributed by atoms with Crippen molar-refractivity contribution in [1.82, 2.24) is 4.98 Å². The van der Waals surface area contributed by atoms with Crippen molar-refractivity contribution in [2.75, 3.05) is 11.9 Å². The number of aromatic nitrogens is 1. The molecule has 1 amide bonds. The lowest BCUT2D eigenvalue weighted by molar-refractivity contribution is -0.114. The second-order valence-corrected chi connectivity index (χ2v) is 5.17.